The lowest BCUT2D eigenvalue weighted by atomic mass is 9.99. The fourth-order valence-corrected chi connectivity index (χ4v) is 3.20. The average Bonchev–Trinajstić information content (AvgIpc) is 2.34. The molecule has 0 aliphatic heterocycles. The van der Waals surface area contributed by atoms with Crippen LogP contribution in [0.15, 0.2) is 24.3 Å². The topological polar surface area (TPSA) is 38.0 Å². The summed E-state index contributed by atoms with van der Waals surface area (Å²) in [5.74, 6) is 9.34. The van der Waals surface area contributed by atoms with Crippen LogP contribution < -0.4 is 11.3 Å². The largest absolute Gasteiger partial charge is 0.271 e. The summed E-state index contributed by atoms with van der Waals surface area (Å²) in [7, 11) is 0. The Morgan fingerprint density at radius 1 is 1.11 bits per heavy atom. The van der Waals surface area contributed by atoms with E-state index in [1.54, 1.807) is 0 Å². The van der Waals surface area contributed by atoms with Gasteiger partial charge < -0.3 is 0 Å². The second kappa shape index (κ2) is 8.62. The lowest BCUT2D eigenvalue weighted by Gasteiger charge is -2.18. The number of hydrazine groups is 1. The van der Waals surface area contributed by atoms with Gasteiger partial charge in [-0.3, -0.25) is 11.3 Å². The van der Waals surface area contributed by atoms with Crippen LogP contribution in [0.3, 0.4) is 0 Å². The molecule has 1 atom stereocenters. The van der Waals surface area contributed by atoms with Crippen LogP contribution in [0.1, 0.15) is 44.9 Å². The molecule has 108 valence electrons. The van der Waals surface area contributed by atoms with Gasteiger partial charge in [-0.1, -0.05) is 52.0 Å². The molecule has 1 aromatic rings. The van der Waals surface area contributed by atoms with Crippen LogP contribution in [-0.2, 0) is 6.42 Å². The quantitative estimate of drug-likeness (QED) is 0.562. The van der Waals surface area contributed by atoms with Gasteiger partial charge >= 0.3 is 0 Å². The first-order valence-electron chi connectivity index (χ1n) is 7.15. The van der Waals surface area contributed by atoms with Crippen LogP contribution >= 0.6 is 11.8 Å². The molecular weight excluding hydrogens is 252 g/mol. The van der Waals surface area contributed by atoms with E-state index in [0.717, 1.165) is 18.1 Å². The highest BCUT2D eigenvalue weighted by molar-refractivity contribution is 7.99. The molecule has 0 aliphatic rings. The molecule has 0 aliphatic carbocycles. The van der Waals surface area contributed by atoms with E-state index in [0.29, 0.717) is 5.92 Å². The van der Waals surface area contributed by atoms with Gasteiger partial charge in [0.25, 0.3) is 0 Å². The maximum atomic E-state index is 5.71. The van der Waals surface area contributed by atoms with E-state index in [1.165, 1.54) is 16.9 Å². The van der Waals surface area contributed by atoms with E-state index >= 15 is 0 Å². The molecule has 1 unspecified atom stereocenters. The summed E-state index contributed by atoms with van der Waals surface area (Å²) in [6, 6.07) is 9.06. The zero-order valence-corrected chi connectivity index (χ0v) is 13.5. The van der Waals surface area contributed by atoms with Crippen molar-refractivity contribution >= 4 is 11.8 Å². The molecule has 0 heterocycles. The molecule has 3 heteroatoms. The summed E-state index contributed by atoms with van der Waals surface area (Å²) in [6.45, 7) is 9.01. The number of rotatable bonds is 8. The Bertz CT molecular complexity index is 364. The molecule has 0 saturated carbocycles. The van der Waals surface area contributed by atoms with E-state index in [9.17, 15) is 0 Å². The van der Waals surface area contributed by atoms with E-state index in [2.05, 4.69) is 57.4 Å². The van der Waals surface area contributed by atoms with Crippen LogP contribution in [0, 0.1) is 11.8 Å². The van der Waals surface area contributed by atoms with E-state index in [-0.39, 0.29) is 6.04 Å². The second-order valence-corrected chi connectivity index (χ2v) is 7.07. The third-order valence-electron chi connectivity index (χ3n) is 2.93. The van der Waals surface area contributed by atoms with Crippen molar-refractivity contribution in [2.75, 3.05) is 11.5 Å². The Balaban J connectivity index is 2.64. The van der Waals surface area contributed by atoms with Crippen LogP contribution in [0.25, 0.3) is 0 Å². The molecule has 0 saturated heterocycles. The molecule has 3 N–H and O–H groups in total. The Labute approximate surface area is 122 Å². The zero-order chi connectivity index (χ0) is 14.3. The van der Waals surface area contributed by atoms with Crippen molar-refractivity contribution in [3.8, 4) is 0 Å². The Morgan fingerprint density at radius 3 is 2.42 bits per heavy atom. The average molecular weight is 280 g/mol. The van der Waals surface area contributed by atoms with Crippen molar-refractivity contribution in [3.05, 3.63) is 35.4 Å². The molecule has 0 aromatic heterocycles. The number of thioether (sulfide) groups is 1. The predicted molar refractivity (Wildman–Crippen MR) is 87.2 cm³/mol. The Kier molecular flexibility index (Phi) is 7.51. The van der Waals surface area contributed by atoms with Crippen LogP contribution in [0.2, 0.25) is 0 Å². The Hall–Kier alpha value is -0.510. The fourth-order valence-electron chi connectivity index (χ4n) is 2.07. The first-order valence-corrected chi connectivity index (χ1v) is 8.31. The van der Waals surface area contributed by atoms with Gasteiger partial charge in [-0.2, -0.15) is 11.8 Å². The van der Waals surface area contributed by atoms with Gasteiger partial charge in [-0.05, 0) is 35.1 Å². The molecular formula is C16H28N2S. The minimum absolute atomic E-state index is 0.246. The molecule has 2 nitrogen and oxygen atoms in total. The summed E-state index contributed by atoms with van der Waals surface area (Å²) < 4.78 is 0. The van der Waals surface area contributed by atoms with Crippen molar-refractivity contribution in [1.82, 2.24) is 5.43 Å². The third kappa shape index (κ3) is 6.46. The molecule has 0 bridgehead atoms. The highest BCUT2D eigenvalue weighted by atomic mass is 32.2. The maximum absolute atomic E-state index is 5.71. The smallest absolute Gasteiger partial charge is 0.0550 e. The standard InChI is InChI=1S/C16H28N2S/c1-12(2)8-14-6-5-7-15(9-14)16(18-17)11-19-10-13(3)4/h5-7,9,12-13,16,18H,8,10-11,17H2,1-4H3. The van der Waals surface area contributed by atoms with Crippen molar-refractivity contribution < 1.29 is 0 Å². The molecule has 0 fully saturated rings. The van der Waals surface area contributed by atoms with Crippen molar-refractivity contribution in [1.29, 1.82) is 0 Å². The predicted octanol–water partition coefficient (Wildman–Crippen LogP) is 3.78. The zero-order valence-electron chi connectivity index (χ0n) is 12.6. The van der Waals surface area contributed by atoms with Gasteiger partial charge in [-0.25, -0.2) is 0 Å². The van der Waals surface area contributed by atoms with E-state index in [1.807, 2.05) is 11.8 Å². The summed E-state index contributed by atoms with van der Waals surface area (Å²) in [4.78, 5) is 0. The summed E-state index contributed by atoms with van der Waals surface area (Å²) in [5, 5.41) is 0. The normalized spacial score (nSPS) is 13.2. The molecule has 0 radical (unpaired) electrons. The highest BCUT2D eigenvalue weighted by Gasteiger charge is 2.11. The van der Waals surface area contributed by atoms with Crippen LogP contribution in [0.4, 0.5) is 0 Å². The Morgan fingerprint density at radius 2 is 1.84 bits per heavy atom. The lowest BCUT2D eigenvalue weighted by Crippen LogP contribution is -2.30. The third-order valence-corrected chi connectivity index (χ3v) is 4.41. The summed E-state index contributed by atoms with van der Waals surface area (Å²) >= 11 is 1.97. The minimum atomic E-state index is 0.246. The molecule has 19 heavy (non-hydrogen) atoms. The van der Waals surface area contributed by atoms with E-state index in [4.69, 9.17) is 5.84 Å². The van der Waals surface area contributed by atoms with Crippen molar-refractivity contribution in [2.24, 2.45) is 17.7 Å². The molecule has 1 aromatic carbocycles. The monoisotopic (exact) mass is 280 g/mol. The minimum Gasteiger partial charge on any atom is -0.271 e. The SMILES string of the molecule is CC(C)CSCC(NN)c1cccc(CC(C)C)c1. The van der Waals surface area contributed by atoms with Crippen LogP contribution in [-0.4, -0.2) is 11.5 Å². The van der Waals surface area contributed by atoms with Gasteiger partial charge in [0.05, 0.1) is 6.04 Å². The first-order chi connectivity index (χ1) is 9.02. The molecule has 0 amide bonds. The first kappa shape index (κ1) is 16.5. The van der Waals surface area contributed by atoms with Gasteiger partial charge in [-0.15, -0.1) is 0 Å². The van der Waals surface area contributed by atoms with Gasteiger partial charge in [0.15, 0.2) is 0 Å². The number of nitrogens with one attached hydrogen (secondary N) is 1. The number of hydrogen-bond acceptors (Lipinski definition) is 3. The van der Waals surface area contributed by atoms with Gasteiger partial charge in [0.2, 0.25) is 0 Å². The van der Waals surface area contributed by atoms with Crippen molar-refractivity contribution in [2.45, 2.75) is 40.2 Å². The number of hydrogen-bond donors (Lipinski definition) is 2. The van der Waals surface area contributed by atoms with Gasteiger partial charge in [0.1, 0.15) is 0 Å². The maximum Gasteiger partial charge on any atom is 0.0550 e. The molecule has 1 rings (SSSR count). The highest BCUT2D eigenvalue weighted by Crippen LogP contribution is 2.21. The van der Waals surface area contributed by atoms with Crippen molar-refractivity contribution in [3.63, 3.8) is 0 Å². The molecule has 0 spiro atoms. The van der Waals surface area contributed by atoms with E-state index < -0.39 is 0 Å². The number of nitrogens with two attached hydrogens (primary N) is 1. The lowest BCUT2D eigenvalue weighted by molar-refractivity contribution is 0.605. The summed E-state index contributed by atoms with van der Waals surface area (Å²) in [6.07, 6.45) is 1.13. The van der Waals surface area contributed by atoms with Gasteiger partial charge in [0, 0.05) is 5.75 Å². The second-order valence-electron chi connectivity index (χ2n) is 5.99. The number of benzene rings is 1. The summed E-state index contributed by atoms with van der Waals surface area (Å²) in [5.41, 5.74) is 5.66. The fraction of sp³-hybridized carbons (Fsp3) is 0.625. The van der Waals surface area contributed by atoms with Crippen LogP contribution in [0.5, 0.6) is 0 Å².